The number of H-pyrrole nitrogens is 1. The number of hydrogen-bond acceptors (Lipinski definition) is 4. The fourth-order valence-corrected chi connectivity index (χ4v) is 2.59. The van der Waals surface area contributed by atoms with Crippen LogP contribution < -0.4 is 0 Å². The van der Waals surface area contributed by atoms with Crippen LogP contribution in [-0.4, -0.2) is 24.9 Å². The maximum atomic E-state index is 5.99. The highest BCUT2D eigenvalue weighted by molar-refractivity contribution is 6.29. The first-order valence-electron chi connectivity index (χ1n) is 6.66. The number of hydrogen-bond donors (Lipinski definition) is 1. The molecule has 0 saturated heterocycles. The molecule has 1 N–H and O–H groups in total. The van der Waals surface area contributed by atoms with Crippen LogP contribution in [0.15, 0.2) is 55.5 Å². The summed E-state index contributed by atoms with van der Waals surface area (Å²) in [5.74, 6) is 0. The lowest BCUT2D eigenvalue weighted by Gasteiger charge is -2.03. The fourth-order valence-electron chi connectivity index (χ4n) is 2.42. The van der Waals surface area contributed by atoms with Crippen LogP contribution in [0.2, 0.25) is 5.15 Å². The van der Waals surface area contributed by atoms with Gasteiger partial charge in [0, 0.05) is 53.1 Å². The van der Waals surface area contributed by atoms with E-state index in [1.807, 2.05) is 18.3 Å². The zero-order chi connectivity index (χ0) is 14.9. The largest absolute Gasteiger partial charge is 0.346 e. The minimum atomic E-state index is 0.465. The van der Waals surface area contributed by atoms with Crippen LogP contribution in [0.1, 0.15) is 0 Å². The van der Waals surface area contributed by atoms with Crippen LogP contribution in [0.5, 0.6) is 0 Å². The van der Waals surface area contributed by atoms with Gasteiger partial charge in [-0.25, -0.2) is 19.9 Å². The molecule has 0 radical (unpaired) electrons. The highest BCUT2D eigenvalue weighted by Gasteiger charge is 2.09. The van der Waals surface area contributed by atoms with Gasteiger partial charge in [0.2, 0.25) is 0 Å². The summed E-state index contributed by atoms with van der Waals surface area (Å²) >= 11 is 5.99. The molecule has 6 heteroatoms. The first kappa shape index (κ1) is 12.9. The minimum absolute atomic E-state index is 0.465. The van der Waals surface area contributed by atoms with Gasteiger partial charge >= 0.3 is 0 Å². The van der Waals surface area contributed by atoms with Crippen molar-refractivity contribution in [3.8, 4) is 22.3 Å². The third kappa shape index (κ3) is 2.21. The lowest BCUT2D eigenvalue weighted by Crippen LogP contribution is -1.85. The molecule has 0 spiro atoms. The highest BCUT2D eigenvalue weighted by Crippen LogP contribution is 2.31. The van der Waals surface area contributed by atoms with Gasteiger partial charge in [0.15, 0.2) is 0 Å². The molecule has 106 valence electrons. The molecule has 4 heterocycles. The van der Waals surface area contributed by atoms with Gasteiger partial charge in [-0.2, -0.15) is 0 Å². The molecular formula is C16H10ClN5. The van der Waals surface area contributed by atoms with Crippen LogP contribution >= 0.6 is 11.6 Å². The Hall–Kier alpha value is -2.79. The summed E-state index contributed by atoms with van der Waals surface area (Å²) in [5, 5.41) is 1.48. The molecule has 22 heavy (non-hydrogen) atoms. The van der Waals surface area contributed by atoms with E-state index in [1.165, 1.54) is 6.33 Å². The monoisotopic (exact) mass is 307 g/mol. The van der Waals surface area contributed by atoms with Gasteiger partial charge in [-0.05, 0) is 23.8 Å². The van der Waals surface area contributed by atoms with Crippen LogP contribution in [0.3, 0.4) is 0 Å². The zero-order valence-electron chi connectivity index (χ0n) is 11.4. The van der Waals surface area contributed by atoms with Gasteiger partial charge in [0.1, 0.15) is 17.1 Å². The minimum Gasteiger partial charge on any atom is -0.346 e. The van der Waals surface area contributed by atoms with Crippen molar-refractivity contribution in [1.29, 1.82) is 0 Å². The summed E-state index contributed by atoms with van der Waals surface area (Å²) in [6.07, 6.45) is 10.5. The van der Waals surface area contributed by atoms with Crippen molar-refractivity contribution < 1.29 is 0 Å². The van der Waals surface area contributed by atoms with Crippen molar-refractivity contribution in [1.82, 2.24) is 24.9 Å². The molecule has 0 aliphatic carbocycles. The molecule has 0 unspecified atom stereocenters. The second-order valence-corrected chi connectivity index (χ2v) is 5.20. The average Bonchev–Trinajstić information content (AvgIpc) is 2.99. The molecule has 4 aromatic rings. The van der Waals surface area contributed by atoms with Crippen molar-refractivity contribution in [2.45, 2.75) is 0 Å². The lowest BCUT2D eigenvalue weighted by atomic mass is 10.0. The summed E-state index contributed by atoms with van der Waals surface area (Å²) in [4.78, 5) is 19.8. The van der Waals surface area contributed by atoms with Gasteiger partial charge in [-0.1, -0.05) is 11.6 Å². The van der Waals surface area contributed by atoms with E-state index in [1.54, 1.807) is 24.8 Å². The zero-order valence-corrected chi connectivity index (χ0v) is 12.1. The second-order valence-electron chi connectivity index (χ2n) is 4.82. The molecule has 0 aliphatic rings. The quantitative estimate of drug-likeness (QED) is 0.573. The Morgan fingerprint density at radius 3 is 2.59 bits per heavy atom. The number of aromatic amines is 1. The normalized spacial score (nSPS) is 11.0. The average molecular weight is 308 g/mol. The number of rotatable bonds is 2. The van der Waals surface area contributed by atoms with Crippen LogP contribution in [0.4, 0.5) is 0 Å². The van der Waals surface area contributed by atoms with Crippen molar-refractivity contribution in [3.63, 3.8) is 0 Å². The van der Waals surface area contributed by atoms with E-state index in [0.29, 0.717) is 5.15 Å². The van der Waals surface area contributed by atoms with Crippen LogP contribution in [0, 0.1) is 0 Å². The number of fused-ring (bicyclic) bond motifs is 1. The fraction of sp³-hybridized carbons (Fsp3) is 0. The Balaban J connectivity index is 1.91. The smallest absolute Gasteiger partial charge is 0.137 e. The molecular weight excluding hydrogens is 298 g/mol. The summed E-state index contributed by atoms with van der Waals surface area (Å²) in [7, 11) is 0. The summed E-state index contributed by atoms with van der Waals surface area (Å²) in [5.41, 5.74) is 4.74. The van der Waals surface area contributed by atoms with Crippen molar-refractivity contribution >= 4 is 22.6 Å². The molecule has 0 aromatic carbocycles. The van der Waals surface area contributed by atoms with Gasteiger partial charge in [-0.15, -0.1) is 0 Å². The van der Waals surface area contributed by atoms with E-state index in [0.717, 1.165) is 33.3 Å². The standard InChI is InChI=1S/C16H10ClN5/c17-15-4-10(1-2-20-15)14-8-22-16-13(14)3-11(7-21-16)12-5-18-9-19-6-12/h1-9H,(H,21,22). The Kier molecular flexibility index (Phi) is 3.05. The van der Waals surface area contributed by atoms with Gasteiger partial charge in [0.05, 0.1) is 0 Å². The van der Waals surface area contributed by atoms with E-state index in [4.69, 9.17) is 11.6 Å². The first-order chi connectivity index (χ1) is 10.8. The molecule has 0 bridgehead atoms. The van der Waals surface area contributed by atoms with Crippen molar-refractivity contribution in [2.24, 2.45) is 0 Å². The van der Waals surface area contributed by atoms with E-state index < -0.39 is 0 Å². The number of aromatic nitrogens is 5. The molecule has 5 nitrogen and oxygen atoms in total. The SMILES string of the molecule is Clc1cc(-c2c[nH]c3ncc(-c4cncnc4)cc23)ccn1. The predicted octanol–water partition coefficient (Wildman–Crippen LogP) is 3.74. The van der Waals surface area contributed by atoms with Gasteiger partial charge in [-0.3, -0.25) is 0 Å². The Morgan fingerprint density at radius 2 is 1.77 bits per heavy atom. The number of nitrogens with one attached hydrogen (secondary N) is 1. The summed E-state index contributed by atoms with van der Waals surface area (Å²) < 4.78 is 0. The highest BCUT2D eigenvalue weighted by atomic mass is 35.5. The molecule has 4 aromatic heterocycles. The Bertz CT molecular complexity index is 949. The third-order valence-electron chi connectivity index (χ3n) is 3.46. The second kappa shape index (κ2) is 5.20. The molecule has 0 aliphatic heterocycles. The lowest BCUT2D eigenvalue weighted by molar-refractivity contribution is 1.17. The Morgan fingerprint density at radius 1 is 0.909 bits per heavy atom. The van der Waals surface area contributed by atoms with E-state index in [-0.39, 0.29) is 0 Å². The molecule has 0 amide bonds. The summed E-state index contributed by atoms with van der Waals surface area (Å²) in [6, 6.07) is 5.83. The summed E-state index contributed by atoms with van der Waals surface area (Å²) in [6.45, 7) is 0. The molecule has 0 fully saturated rings. The van der Waals surface area contributed by atoms with E-state index in [2.05, 4.69) is 31.0 Å². The van der Waals surface area contributed by atoms with Gasteiger partial charge < -0.3 is 4.98 Å². The van der Waals surface area contributed by atoms with Crippen molar-refractivity contribution in [2.75, 3.05) is 0 Å². The molecule has 0 saturated carbocycles. The van der Waals surface area contributed by atoms with E-state index in [9.17, 15) is 0 Å². The molecule has 0 atom stereocenters. The van der Waals surface area contributed by atoms with Gasteiger partial charge in [0.25, 0.3) is 0 Å². The third-order valence-corrected chi connectivity index (χ3v) is 3.67. The maximum Gasteiger partial charge on any atom is 0.137 e. The Labute approximate surface area is 131 Å². The predicted molar refractivity (Wildman–Crippen MR) is 85.4 cm³/mol. The maximum absolute atomic E-state index is 5.99. The first-order valence-corrected chi connectivity index (χ1v) is 7.03. The van der Waals surface area contributed by atoms with E-state index >= 15 is 0 Å². The number of nitrogens with zero attached hydrogens (tertiary/aromatic N) is 4. The molecule has 4 rings (SSSR count). The topological polar surface area (TPSA) is 67.3 Å². The van der Waals surface area contributed by atoms with Crippen LogP contribution in [-0.2, 0) is 0 Å². The number of halogens is 1. The number of pyridine rings is 2. The van der Waals surface area contributed by atoms with Crippen LogP contribution in [0.25, 0.3) is 33.3 Å². The van der Waals surface area contributed by atoms with Crippen molar-refractivity contribution in [3.05, 3.63) is 60.7 Å².